The zero-order valence-electron chi connectivity index (χ0n) is 14.4. The molecule has 3 heteroatoms. The molecule has 0 aliphatic heterocycles. The van der Waals surface area contributed by atoms with Gasteiger partial charge in [-0.15, -0.1) is 0 Å². The molecule has 0 aliphatic carbocycles. The molecule has 2 aromatic rings. The maximum absolute atomic E-state index is 12.2. The molecule has 0 radical (unpaired) electrons. The highest BCUT2D eigenvalue weighted by molar-refractivity contribution is 5.91. The molecule has 0 saturated heterocycles. The predicted molar refractivity (Wildman–Crippen MR) is 98.2 cm³/mol. The first-order valence-corrected chi connectivity index (χ1v) is 8.17. The minimum Gasteiger partial charge on any atom is -0.384 e. The fourth-order valence-corrected chi connectivity index (χ4v) is 2.65. The van der Waals surface area contributed by atoms with E-state index in [1.54, 1.807) is 0 Å². The number of para-hydroxylation sites is 1. The van der Waals surface area contributed by atoms with Gasteiger partial charge in [-0.05, 0) is 43.0 Å². The van der Waals surface area contributed by atoms with Crippen molar-refractivity contribution in [2.24, 2.45) is 0 Å². The van der Waals surface area contributed by atoms with Crippen LogP contribution in [0.1, 0.15) is 42.9 Å². The summed E-state index contributed by atoms with van der Waals surface area (Å²) in [4.78, 5) is 12.2. The molecule has 0 aliphatic rings. The molecular formula is C20H26N2O. The highest BCUT2D eigenvalue weighted by Gasteiger charge is 2.09. The van der Waals surface area contributed by atoms with Crippen LogP contribution in [0.15, 0.2) is 42.5 Å². The number of aryl methyl sites for hydroxylation is 2. The summed E-state index contributed by atoms with van der Waals surface area (Å²) >= 11 is 0. The molecular weight excluding hydrogens is 284 g/mol. The van der Waals surface area contributed by atoms with Crippen LogP contribution >= 0.6 is 0 Å². The van der Waals surface area contributed by atoms with E-state index in [2.05, 4.69) is 62.6 Å². The molecule has 122 valence electrons. The lowest BCUT2D eigenvalue weighted by atomic mass is 10.0. The third-order valence-corrected chi connectivity index (χ3v) is 3.91. The number of benzene rings is 2. The average molecular weight is 310 g/mol. The molecule has 2 aromatic carbocycles. The monoisotopic (exact) mass is 310 g/mol. The first kappa shape index (κ1) is 17.1. The third-order valence-electron chi connectivity index (χ3n) is 3.91. The van der Waals surface area contributed by atoms with Gasteiger partial charge in [-0.2, -0.15) is 0 Å². The van der Waals surface area contributed by atoms with Crippen LogP contribution in [0.4, 0.5) is 11.4 Å². The van der Waals surface area contributed by atoms with E-state index in [0.717, 1.165) is 11.4 Å². The first-order chi connectivity index (χ1) is 11.0. The second-order valence-electron chi connectivity index (χ2n) is 6.29. The van der Waals surface area contributed by atoms with Gasteiger partial charge >= 0.3 is 0 Å². The average Bonchev–Trinajstić information content (AvgIpc) is 2.50. The summed E-state index contributed by atoms with van der Waals surface area (Å²) in [6.07, 6.45) is 0.444. The summed E-state index contributed by atoms with van der Waals surface area (Å²) in [5.41, 5.74) is 5.62. The van der Waals surface area contributed by atoms with Gasteiger partial charge < -0.3 is 10.6 Å². The Kier molecular flexibility index (Phi) is 5.80. The van der Waals surface area contributed by atoms with Crippen LogP contribution in [0.25, 0.3) is 0 Å². The van der Waals surface area contributed by atoms with Gasteiger partial charge in [0.1, 0.15) is 0 Å². The number of hydrogen-bond acceptors (Lipinski definition) is 2. The quantitative estimate of drug-likeness (QED) is 0.799. The zero-order valence-corrected chi connectivity index (χ0v) is 14.4. The molecule has 0 atom stereocenters. The van der Waals surface area contributed by atoms with Crippen molar-refractivity contribution in [3.05, 3.63) is 59.2 Å². The minimum atomic E-state index is 0.0374. The molecule has 0 saturated carbocycles. The smallest absolute Gasteiger partial charge is 0.226 e. The zero-order chi connectivity index (χ0) is 16.8. The molecule has 0 bridgehead atoms. The molecule has 0 spiro atoms. The van der Waals surface area contributed by atoms with Crippen LogP contribution in [0.2, 0.25) is 0 Å². The van der Waals surface area contributed by atoms with Gasteiger partial charge in [-0.1, -0.05) is 49.7 Å². The van der Waals surface area contributed by atoms with E-state index in [0.29, 0.717) is 18.9 Å². The Morgan fingerprint density at radius 2 is 1.78 bits per heavy atom. The van der Waals surface area contributed by atoms with Crippen molar-refractivity contribution in [3.8, 4) is 0 Å². The van der Waals surface area contributed by atoms with Crippen molar-refractivity contribution in [2.75, 3.05) is 17.2 Å². The summed E-state index contributed by atoms with van der Waals surface area (Å²) in [5, 5.41) is 6.36. The maximum Gasteiger partial charge on any atom is 0.226 e. The standard InChI is InChI=1S/C20H26N2O/c1-14(2)17-7-5-6-8-19(17)22-20(23)11-12-21-18-10-9-15(3)13-16(18)4/h5-10,13-14,21H,11-12H2,1-4H3,(H,22,23). The molecule has 0 heterocycles. The second kappa shape index (κ2) is 7.82. The van der Waals surface area contributed by atoms with Crippen LogP contribution in [0.5, 0.6) is 0 Å². The molecule has 2 N–H and O–H groups in total. The summed E-state index contributed by atoms with van der Waals surface area (Å²) < 4.78 is 0. The molecule has 23 heavy (non-hydrogen) atoms. The summed E-state index contributed by atoms with van der Waals surface area (Å²) in [5.74, 6) is 0.426. The van der Waals surface area contributed by atoms with Crippen LogP contribution in [-0.2, 0) is 4.79 Å². The largest absolute Gasteiger partial charge is 0.384 e. The Bertz CT molecular complexity index is 677. The van der Waals surface area contributed by atoms with Gasteiger partial charge in [0.25, 0.3) is 0 Å². The van der Waals surface area contributed by atoms with Gasteiger partial charge in [-0.3, -0.25) is 4.79 Å². The van der Waals surface area contributed by atoms with Crippen molar-refractivity contribution in [2.45, 2.75) is 40.0 Å². The first-order valence-electron chi connectivity index (χ1n) is 8.17. The van der Waals surface area contributed by atoms with Crippen LogP contribution in [0, 0.1) is 13.8 Å². The van der Waals surface area contributed by atoms with Crippen molar-refractivity contribution in [1.29, 1.82) is 0 Å². The lowest BCUT2D eigenvalue weighted by Gasteiger charge is -2.14. The molecule has 0 unspecified atom stereocenters. The van der Waals surface area contributed by atoms with Crippen molar-refractivity contribution in [1.82, 2.24) is 0 Å². The fourth-order valence-electron chi connectivity index (χ4n) is 2.65. The van der Waals surface area contributed by atoms with E-state index < -0.39 is 0 Å². The Balaban J connectivity index is 1.88. The molecule has 1 amide bonds. The Hall–Kier alpha value is -2.29. The van der Waals surface area contributed by atoms with Gasteiger partial charge in [0.05, 0.1) is 0 Å². The number of anilines is 2. The van der Waals surface area contributed by atoms with Crippen LogP contribution in [-0.4, -0.2) is 12.5 Å². The van der Waals surface area contributed by atoms with Gasteiger partial charge in [0, 0.05) is 24.3 Å². The van der Waals surface area contributed by atoms with Gasteiger partial charge in [0.2, 0.25) is 5.91 Å². The molecule has 0 fully saturated rings. The van der Waals surface area contributed by atoms with Crippen LogP contribution < -0.4 is 10.6 Å². The maximum atomic E-state index is 12.2. The lowest BCUT2D eigenvalue weighted by molar-refractivity contribution is -0.115. The van der Waals surface area contributed by atoms with E-state index >= 15 is 0 Å². The highest BCUT2D eigenvalue weighted by atomic mass is 16.1. The van der Waals surface area contributed by atoms with E-state index in [1.165, 1.54) is 16.7 Å². The van der Waals surface area contributed by atoms with E-state index in [1.807, 2.05) is 18.2 Å². The molecule has 3 nitrogen and oxygen atoms in total. The lowest BCUT2D eigenvalue weighted by Crippen LogP contribution is -2.17. The number of nitrogens with one attached hydrogen (secondary N) is 2. The minimum absolute atomic E-state index is 0.0374. The Morgan fingerprint density at radius 1 is 1.04 bits per heavy atom. The van der Waals surface area contributed by atoms with Gasteiger partial charge in [-0.25, -0.2) is 0 Å². The number of amides is 1. The van der Waals surface area contributed by atoms with Crippen molar-refractivity contribution < 1.29 is 4.79 Å². The summed E-state index contributed by atoms with van der Waals surface area (Å²) in [6.45, 7) is 9.05. The fraction of sp³-hybridized carbons (Fsp3) is 0.350. The third kappa shape index (κ3) is 4.85. The summed E-state index contributed by atoms with van der Waals surface area (Å²) in [6, 6.07) is 14.3. The SMILES string of the molecule is Cc1ccc(NCCC(=O)Nc2ccccc2C(C)C)c(C)c1. The number of carbonyl (C=O) groups excluding carboxylic acids is 1. The van der Waals surface area contributed by atoms with E-state index in [-0.39, 0.29) is 5.91 Å². The Morgan fingerprint density at radius 3 is 2.48 bits per heavy atom. The highest BCUT2D eigenvalue weighted by Crippen LogP contribution is 2.23. The second-order valence-corrected chi connectivity index (χ2v) is 6.29. The van der Waals surface area contributed by atoms with Crippen LogP contribution in [0.3, 0.4) is 0 Å². The predicted octanol–water partition coefficient (Wildman–Crippen LogP) is 4.87. The topological polar surface area (TPSA) is 41.1 Å². The number of carbonyl (C=O) groups is 1. The summed E-state index contributed by atoms with van der Waals surface area (Å²) in [7, 11) is 0. The van der Waals surface area contributed by atoms with E-state index in [9.17, 15) is 4.79 Å². The Labute approximate surface area is 139 Å². The molecule has 2 rings (SSSR count). The van der Waals surface area contributed by atoms with Gasteiger partial charge in [0.15, 0.2) is 0 Å². The normalized spacial score (nSPS) is 10.7. The molecule has 0 aromatic heterocycles. The van der Waals surface area contributed by atoms with Crippen molar-refractivity contribution >= 4 is 17.3 Å². The number of hydrogen-bond donors (Lipinski definition) is 2. The van der Waals surface area contributed by atoms with E-state index in [4.69, 9.17) is 0 Å². The van der Waals surface area contributed by atoms with Crippen molar-refractivity contribution in [3.63, 3.8) is 0 Å². The number of rotatable bonds is 6.